The van der Waals surface area contributed by atoms with Crippen molar-refractivity contribution in [3.8, 4) is 11.5 Å². The zero-order chi connectivity index (χ0) is 11.6. The van der Waals surface area contributed by atoms with Crippen molar-refractivity contribution in [3.05, 3.63) is 23.8 Å². The van der Waals surface area contributed by atoms with Crippen molar-refractivity contribution in [2.45, 2.75) is 0 Å². The second kappa shape index (κ2) is 3.13. The number of ether oxygens (including phenoxy) is 1. The highest BCUT2D eigenvalue weighted by atomic mass is 16.5. The third-order valence-corrected chi connectivity index (χ3v) is 1.30. The molecule has 0 heterocycles. The molecule has 0 unspecified atom stereocenters. The van der Waals surface area contributed by atoms with Gasteiger partial charge in [0.05, 0.1) is 16.7 Å². The molecular weight excluding hydrogens is 160 g/mol. The van der Waals surface area contributed by atoms with Crippen molar-refractivity contribution in [3.63, 3.8) is 0 Å². The van der Waals surface area contributed by atoms with Crippen LogP contribution >= 0.6 is 0 Å². The van der Waals surface area contributed by atoms with Crippen molar-refractivity contribution >= 4 is 5.97 Å². The van der Waals surface area contributed by atoms with E-state index in [0.717, 1.165) is 18.2 Å². The Kier molecular flexibility index (Phi) is 1.31. The predicted molar refractivity (Wildman–Crippen MR) is 41.1 cm³/mol. The molecule has 0 fully saturated rings. The van der Waals surface area contributed by atoms with E-state index in [9.17, 15) is 4.79 Å². The van der Waals surface area contributed by atoms with Gasteiger partial charge in [-0.25, -0.2) is 4.79 Å². The van der Waals surface area contributed by atoms with Crippen LogP contribution in [-0.2, 0) is 4.74 Å². The van der Waals surface area contributed by atoms with Gasteiger partial charge < -0.3 is 14.9 Å². The van der Waals surface area contributed by atoms with E-state index in [2.05, 4.69) is 4.74 Å². The van der Waals surface area contributed by atoms with E-state index in [1.54, 1.807) is 0 Å². The summed E-state index contributed by atoms with van der Waals surface area (Å²) in [5.74, 6) is -2.01. The van der Waals surface area contributed by atoms with E-state index in [1.807, 2.05) is 0 Å². The first kappa shape index (κ1) is 5.03. The smallest absolute Gasteiger partial charge is 0.337 e. The monoisotopic (exact) mass is 171 g/mol. The minimum atomic E-state index is -2.83. The molecule has 4 heteroatoms. The molecule has 0 aliphatic rings. The fourth-order valence-electron chi connectivity index (χ4n) is 0.709. The molecule has 0 aliphatic carbocycles. The lowest BCUT2D eigenvalue weighted by Gasteiger charge is -2.00. The third-order valence-electron chi connectivity index (χ3n) is 1.30. The van der Waals surface area contributed by atoms with Gasteiger partial charge in [0, 0.05) is 0 Å². The Morgan fingerprint density at radius 3 is 2.83 bits per heavy atom. The lowest BCUT2D eigenvalue weighted by atomic mass is 10.2. The van der Waals surface area contributed by atoms with Gasteiger partial charge in [0.25, 0.3) is 0 Å². The standard InChI is InChI=1S/C8H8O4/c1-12-8(11)5-2-3-6(9)7(10)4-5/h2-4,9-10H,1H3/i1D3. The molecule has 0 saturated heterocycles. The number of benzene rings is 1. The molecule has 1 aromatic carbocycles. The van der Waals surface area contributed by atoms with Crippen LogP contribution in [0.1, 0.15) is 14.5 Å². The van der Waals surface area contributed by atoms with Gasteiger partial charge in [-0.2, -0.15) is 0 Å². The molecule has 64 valence electrons. The van der Waals surface area contributed by atoms with Crippen LogP contribution in [0.5, 0.6) is 11.5 Å². The normalized spacial score (nSPS) is 14.2. The van der Waals surface area contributed by atoms with Crippen LogP contribution in [0.15, 0.2) is 18.2 Å². The number of hydrogen-bond donors (Lipinski definition) is 2. The van der Waals surface area contributed by atoms with Crippen LogP contribution < -0.4 is 0 Å². The summed E-state index contributed by atoms with van der Waals surface area (Å²) in [5.41, 5.74) is -0.151. The summed E-state index contributed by atoms with van der Waals surface area (Å²) in [4.78, 5) is 11.1. The number of rotatable bonds is 1. The minimum Gasteiger partial charge on any atom is -0.504 e. The number of carbonyl (C=O) groups excluding carboxylic acids is 1. The molecule has 0 spiro atoms. The van der Waals surface area contributed by atoms with Crippen LogP contribution in [0.3, 0.4) is 0 Å². The number of hydrogen-bond acceptors (Lipinski definition) is 4. The van der Waals surface area contributed by atoms with E-state index in [1.165, 1.54) is 0 Å². The first-order valence-corrected chi connectivity index (χ1v) is 3.05. The predicted octanol–water partition coefficient (Wildman–Crippen LogP) is 0.884. The van der Waals surface area contributed by atoms with E-state index in [4.69, 9.17) is 14.3 Å². The van der Waals surface area contributed by atoms with Crippen molar-refractivity contribution in [1.29, 1.82) is 0 Å². The summed E-state index contributed by atoms with van der Waals surface area (Å²) in [6.45, 7) is 0. The van der Waals surface area contributed by atoms with Gasteiger partial charge in [-0.1, -0.05) is 0 Å². The van der Waals surface area contributed by atoms with Crippen LogP contribution in [0.25, 0.3) is 0 Å². The van der Waals surface area contributed by atoms with E-state index in [0.29, 0.717) is 0 Å². The average molecular weight is 171 g/mol. The maximum absolute atomic E-state index is 11.1. The molecule has 0 aliphatic heterocycles. The molecule has 2 N–H and O–H groups in total. The van der Waals surface area contributed by atoms with Gasteiger partial charge in [0.2, 0.25) is 0 Å². The molecule has 0 atom stereocenters. The van der Waals surface area contributed by atoms with Crippen molar-refractivity contribution in [2.75, 3.05) is 7.04 Å². The summed E-state index contributed by atoms with van der Waals surface area (Å²) in [5, 5.41) is 18.0. The minimum absolute atomic E-state index is 0.151. The van der Waals surface area contributed by atoms with Crippen molar-refractivity contribution in [1.82, 2.24) is 0 Å². The molecule has 12 heavy (non-hydrogen) atoms. The molecule has 0 amide bonds. The first-order valence-electron chi connectivity index (χ1n) is 4.55. The number of carbonyl (C=O) groups is 1. The first-order chi connectivity index (χ1) is 6.79. The maximum Gasteiger partial charge on any atom is 0.337 e. The zero-order valence-corrected chi connectivity index (χ0v) is 5.94. The molecule has 0 aromatic heterocycles. The van der Waals surface area contributed by atoms with E-state index >= 15 is 0 Å². The summed E-state index contributed by atoms with van der Waals surface area (Å²) in [6.07, 6.45) is 0. The Morgan fingerprint density at radius 2 is 2.25 bits per heavy atom. The molecule has 4 nitrogen and oxygen atoms in total. The lowest BCUT2D eigenvalue weighted by Crippen LogP contribution is -2.00. The lowest BCUT2D eigenvalue weighted by molar-refractivity contribution is 0.0600. The Bertz CT molecular complexity index is 386. The van der Waals surface area contributed by atoms with E-state index < -0.39 is 24.5 Å². The number of phenolic OH excluding ortho intramolecular Hbond substituents is 2. The summed E-state index contributed by atoms with van der Waals surface area (Å²) in [6, 6.07) is 3.12. The van der Waals surface area contributed by atoms with Crippen LogP contribution in [-0.4, -0.2) is 23.2 Å². The second-order valence-corrected chi connectivity index (χ2v) is 2.09. The Morgan fingerprint density at radius 1 is 1.50 bits per heavy atom. The second-order valence-electron chi connectivity index (χ2n) is 2.09. The quantitative estimate of drug-likeness (QED) is 0.486. The molecular formula is C8H8O4. The topological polar surface area (TPSA) is 66.8 Å². The van der Waals surface area contributed by atoms with Gasteiger partial charge >= 0.3 is 5.97 Å². The number of esters is 1. The molecule has 1 aromatic rings. The van der Waals surface area contributed by atoms with Crippen LogP contribution in [0.2, 0.25) is 0 Å². The largest absolute Gasteiger partial charge is 0.504 e. The Balaban J connectivity index is 2.88. The van der Waals surface area contributed by atoms with Gasteiger partial charge in [0.1, 0.15) is 0 Å². The molecule has 0 saturated carbocycles. The highest BCUT2D eigenvalue weighted by Gasteiger charge is 2.07. The highest BCUT2D eigenvalue weighted by molar-refractivity contribution is 5.90. The van der Waals surface area contributed by atoms with Crippen LogP contribution in [0, 0.1) is 0 Å². The van der Waals surface area contributed by atoms with Gasteiger partial charge in [0.15, 0.2) is 11.5 Å². The Hall–Kier alpha value is -1.71. The van der Waals surface area contributed by atoms with Crippen molar-refractivity contribution in [2.24, 2.45) is 0 Å². The fourth-order valence-corrected chi connectivity index (χ4v) is 0.709. The average Bonchev–Trinajstić information content (AvgIpc) is 2.06. The van der Waals surface area contributed by atoms with Gasteiger partial charge in [-0.15, -0.1) is 0 Å². The molecule has 0 radical (unpaired) electrons. The van der Waals surface area contributed by atoms with Crippen molar-refractivity contribution < 1.29 is 23.9 Å². The maximum atomic E-state index is 11.1. The number of aromatic hydroxyl groups is 2. The summed E-state index contributed by atoms with van der Waals surface area (Å²) < 4.78 is 24.1. The molecule has 0 bridgehead atoms. The van der Waals surface area contributed by atoms with Gasteiger partial charge in [-0.3, -0.25) is 0 Å². The fraction of sp³-hybridized carbons (Fsp3) is 0.125. The number of phenols is 2. The summed E-state index contributed by atoms with van der Waals surface area (Å²) in [7, 11) is -2.83. The number of methoxy groups -OCH3 is 1. The molecule has 1 rings (SSSR count). The highest BCUT2D eigenvalue weighted by Crippen LogP contribution is 2.24. The SMILES string of the molecule is [2H]C([2H])([2H])OC(=O)c1ccc(O)c(O)c1. The van der Waals surface area contributed by atoms with Crippen LogP contribution in [0.4, 0.5) is 0 Å². The van der Waals surface area contributed by atoms with Gasteiger partial charge in [-0.05, 0) is 18.2 Å². The zero-order valence-electron chi connectivity index (χ0n) is 8.94. The third kappa shape index (κ3) is 1.47. The Labute approximate surface area is 73.2 Å². The van der Waals surface area contributed by atoms with E-state index in [-0.39, 0.29) is 5.56 Å². The summed E-state index contributed by atoms with van der Waals surface area (Å²) >= 11 is 0.